The van der Waals surface area contributed by atoms with Gasteiger partial charge in [-0.15, -0.1) is 0 Å². The van der Waals surface area contributed by atoms with E-state index in [4.69, 9.17) is 14.7 Å². The van der Waals surface area contributed by atoms with Gasteiger partial charge >= 0.3 is 0 Å². The zero-order valence-corrected chi connectivity index (χ0v) is 18.9. The van der Waals surface area contributed by atoms with Crippen molar-refractivity contribution < 1.29 is 4.74 Å². The molecule has 0 radical (unpaired) electrons. The van der Waals surface area contributed by atoms with Gasteiger partial charge in [-0.25, -0.2) is 9.97 Å². The van der Waals surface area contributed by atoms with Gasteiger partial charge in [0.25, 0.3) is 0 Å². The van der Waals surface area contributed by atoms with E-state index in [1.165, 1.54) is 23.1 Å². The molecular weight excluding hydrogens is 398 g/mol. The Labute approximate surface area is 190 Å². The number of benzene rings is 2. The van der Waals surface area contributed by atoms with Crippen LogP contribution in [0.4, 0.5) is 5.82 Å². The van der Waals surface area contributed by atoms with Crippen molar-refractivity contribution in [2.24, 2.45) is 0 Å². The van der Waals surface area contributed by atoms with E-state index in [1.54, 1.807) is 7.11 Å². The first-order valence-electron chi connectivity index (χ1n) is 11.5. The molecule has 6 heteroatoms. The van der Waals surface area contributed by atoms with Crippen LogP contribution in [0.1, 0.15) is 41.5 Å². The number of hydrogen-bond donors (Lipinski definition) is 2. The molecule has 3 aromatic rings. The van der Waals surface area contributed by atoms with E-state index in [2.05, 4.69) is 51.9 Å². The lowest BCUT2D eigenvalue weighted by Crippen LogP contribution is -2.32. The largest absolute Gasteiger partial charge is 0.496 e. The summed E-state index contributed by atoms with van der Waals surface area (Å²) in [5.74, 6) is 2.83. The third-order valence-electron chi connectivity index (χ3n) is 6.58. The van der Waals surface area contributed by atoms with Gasteiger partial charge < -0.3 is 15.4 Å². The Kier molecular flexibility index (Phi) is 6.06. The van der Waals surface area contributed by atoms with Crippen molar-refractivity contribution in [2.45, 2.75) is 38.4 Å². The highest BCUT2D eigenvalue weighted by atomic mass is 16.5. The summed E-state index contributed by atoms with van der Waals surface area (Å²) in [5, 5.41) is 6.86. The second-order valence-corrected chi connectivity index (χ2v) is 8.57. The third kappa shape index (κ3) is 4.08. The summed E-state index contributed by atoms with van der Waals surface area (Å²) in [6.07, 6.45) is 3.25. The van der Waals surface area contributed by atoms with E-state index in [-0.39, 0.29) is 6.04 Å². The number of anilines is 1. The lowest BCUT2D eigenvalue weighted by molar-refractivity contribution is 0.241. The lowest BCUT2D eigenvalue weighted by atomic mass is 9.97. The number of hydrogen-bond acceptors (Lipinski definition) is 6. The summed E-state index contributed by atoms with van der Waals surface area (Å²) in [5.41, 5.74) is 6.10. The first-order chi connectivity index (χ1) is 15.8. The predicted molar refractivity (Wildman–Crippen MR) is 128 cm³/mol. The fourth-order valence-electron chi connectivity index (χ4n) is 4.94. The molecule has 6 nitrogen and oxygen atoms in total. The maximum absolute atomic E-state index is 5.64. The van der Waals surface area contributed by atoms with Gasteiger partial charge in [-0.05, 0) is 43.0 Å². The zero-order chi connectivity index (χ0) is 21.9. The number of nitrogens with zero attached hydrogens (tertiary/aromatic N) is 3. The first-order valence-corrected chi connectivity index (χ1v) is 11.5. The molecule has 166 valence electrons. The summed E-state index contributed by atoms with van der Waals surface area (Å²) >= 11 is 0. The van der Waals surface area contributed by atoms with Crippen LogP contribution in [0.15, 0.2) is 48.5 Å². The molecule has 0 bridgehead atoms. The number of rotatable bonds is 6. The van der Waals surface area contributed by atoms with E-state index in [1.807, 2.05) is 19.2 Å². The molecule has 2 aliphatic rings. The Morgan fingerprint density at radius 3 is 2.69 bits per heavy atom. The molecule has 3 heterocycles. The summed E-state index contributed by atoms with van der Waals surface area (Å²) < 4.78 is 5.64. The molecule has 2 N–H and O–H groups in total. The van der Waals surface area contributed by atoms with E-state index >= 15 is 0 Å². The molecule has 1 fully saturated rings. The molecule has 2 aliphatic heterocycles. The lowest BCUT2D eigenvalue weighted by Gasteiger charge is -2.30. The number of methoxy groups -OCH3 is 1. The van der Waals surface area contributed by atoms with Crippen LogP contribution in [0, 0.1) is 0 Å². The quantitative estimate of drug-likeness (QED) is 0.613. The molecule has 1 atom stereocenters. The third-order valence-corrected chi connectivity index (χ3v) is 6.58. The second kappa shape index (κ2) is 9.27. The average Bonchev–Trinajstić information content (AvgIpc) is 3.39. The van der Waals surface area contributed by atoms with Crippen LogP contribution < -0.4 is 15.4 Å². The maximum atomic E-state index is 5.64. The molecule has 1 aromatic heterocycles. The fourth-order valence-corrected chi connectivity index (χ4v) is 4.94. The molecule has 0 spiro atoms. The van der Waals surface area contributed by atoms with Crippen LogP contribution in [0.5, 0.6) is 5.75 Å². The highest BCUT2D eigenvalue weighted by Crippen LogP contribution is 2.34. The minimum atomic E-state index is 0.272. The molecule has 2 aromatic carbocycles. The molecule has 1 saturated heterocycles. The van der Waals surface area contributed by atoms with E-state index in [9.17, 15) is 0 Å². The van der Waals surface area contributed by atoms with Gasteiger partial charge in [-0.2, -0.15) is 0 Å². The van der Waals surface area contributed by atoms with Crippen LogP contribution in [0.25, 0.3) is 11.1 Å². The van der Waals surface area contributed by atoms with Crippen LogP contribution in [0.2, 0.25) is 0 Å². The molecule has 0 saturated carbocycles. The molecule has 0 amide bonds. The molecule has 32 heavy (non-hydrogen) atoms. The van der Waals surface area contributed by atoms with Crippen molar-refractivity contribution in [3.63, 3.8) is 0 Å². The van der Waals surface area contributed by atoms with Gasteiger partial charge in [0.2, 0.25) is 0 Å². The van der Waals surface area contributed by atoms with Gasteiger partial charge in [0.05, 0.1) is 18.8 Å². The minimum absolute atomic E-state index is 0.272. The average molecular weight is 430 g/mol. The number of ether oxygens (including phenoxy) is 1. The van der Waals surface area contributed by atoms with E-state index in [0.29, 0.717) is 0 Å². The zero-order valence-electron chi connectivity index (χ0n) is 18.9. The van der Waals surface area contributed by atoms with Crippen molar-refractivity contribution in [2.75, 3.05) is 32.6 Å². The first kappa shape index (κ1) is 20.9. The van der Waals surface area contributed by atoms with Crippen molar-refractivity contribution >= 4 is 5.82 Å². The van der Waals surface area contributed by atoms with Gasteiger partial charge in [-0.3, -0.25) is 4.90 Å². The summed E-state index contributed by atoms with van der Waals surface area (Å²) in [4.78, 5) is 12.4. The number of nitrogens with one attached hydrogen (secondary N) is 2. The van der Waals surface area contributed by atoms with Gasteiger partial charge in [0.15, 0.2) is 0 Å². The number of fused-ring (bicyclic) bond motifs is 1. The molecule has 0 aliphatic carbocycles. The number of aromatic nitrogens is 2. The van der Waals surface area contributed by atoms with Crippen LogP contribution >= 0.6 is 0 Å². The van der Waals surface area contributed by atoms with Crippen LogP contribution in [0.3, 0.4) is 0 Å². The van der Waals surface area contributed by atoms with E-state index < -0.39 is 0 Å². The molecule has 1 unspecified atom stereocenters. The molecular formula is C26H31N5O. The minimum Gasteiger partial charge on any atom is -0.496 e. The smallest absolute Gasteiger partial charge is 0.147 e. The standard InChI is InChI=1S/C26H31N5O/c1-27-25-21-13-15-31(17-23(21)29-26(30-25)22-11-7-14-28-22)16-18-8-3-4-9-19(18)20-10-5-6-12-24(20)32-2/h3-6,8-10,12,22,28H,7,11,13-17H2,1-2H3,(H,27,29,30). The van der Waals surface area contributed by atoms with Crippen molar-refractivity contribution in [1.29, 1.82) is 0 Å². The SMILES string of the molecule is CNc1nc(C2CCCN2)nc2c1CCN(Cc1ccccc1-c1ccccc1OC)C2. The van der Waals surface area contributed by atoms with E-state index in [0.717, 1.165) is 67.7 Å². The molecule has 5 rings (SSSR count). The maximum Gasteiger partial charge on any atom is 0.147 e. The fraction of sp³-hybridized carbons (Fsp3) is 0.385. The predicted octanol–water partition coefficient (Wildman–Crippen LogP) is 4.18. The normalized spacial score (nSPS) is 18.4. The van der Waals surface area contributed by atoms with Crippen molar-refractivity contribution in [3.8, 4) is 16.9 Å². The highest BCUT2D eigenvalue weighted by molar-refractivity contribution is 5.73. The summed E-state index contributed by atoms with van der Waals surface area (Å²) in [7, 11) is 3.70. The Bertz CT molecular complexity index is 1090. The summed E-state index contributed by atoms with van der Waals surface area (Å²) in [6, 6.07) is 17.2. The summed E-state index contributed by atoms with van der Waals surface area (Å²) in [6.45, 7) is 3.76. The van der Waals surface area contributed by atoms with Gasteiger partial charge in [-0.1, -0.05) is 42.5 Å². The Morgan fingerprint density at radius 2 is 1.91 bits per heavy atom. The Morgan fingerprint density at radius 1 is 1.09 bits per heavy atom. The Hall–Kier alpha value is -2.96. The highest BCUT2D eigenvalue weighted by Gasteiger charge is 2.26. The van der Waals surface area contributed by atoms with Crippen molar-refractivity contribution in [3.05, 3.63) is 71.2 Å². The number of para-hydroxylation sites is 1. The van der Waals surface area contributed by atoms with Gasteiger partial charge in [0, 0.05) is 37.8 Å². The second-order valence-electron chi connectivity index (χ2n) is 8.57. The van der Waals surface area contributed by atoms with Crippen LogP contribution in [-0.4, -0.2) is 42.1 Å². The Balaban J connectivity index is 1.42. The van der Waals surface area contributed by atoms with Crippen molar-refractivity contribution in [1.82, 2.24) is 20.2 Å². The monoisotopic (exact) mass is 429 g/mol. The van der Waals surface area contributed by atoms with Gasteiger partial charge in [0.1, 0.15) is 17.4 Å². The van der Waals surface area contributed by atoms with Crippen LogP contribution in [-0.2, 0) is 19.5 Å². The topological polar surface area (TPSA) is 62.3 Å².